The van der Waals surface area contributed by atoms with Crippen molar-refractivity contribution < 1.29 is 32.5 Å². The highest BCUT2D eigenvalue weighted by atomic mass is 32.2. The zero-order chi connectivity index (χ0) is 30.9. The van der Waals surface area contributed by atoms with Gasteiger partial charge in [-0.05, 0) is 43.7 Å². The number of nitrogens with zero attached hydrogens (tertiary/aromatic N) is 2. The van der Waals surface area contributed by atoms with E-state index in [9.17, 15) is 32.9 Å². The second kappa shape index (κ2) is 11.6. The molecular weight excluding hydrogens is 574 g/mol. The Hall–Kier alpha value is -5.10. The summed E-state index contributed by atoms with van der Waals surface area (Å²) in [5.41, 5.74) is 0.767. The van der Waals surface area contributed by atoms with Crippen molar-refractivity contribution in [3.63, 3.8) is 0 Å². The molecule has 0 aliphatic carbocycles. The van der Waals surface area contributed by atoms with Crippen LogP contribution in [0.5, 0.6) is 0 Å². The minimum absolute atomic E-state index is 0.0285. The van der Waals surface area contributed by atoms with Crippen molar-refractivity contribution in [2.75, 3.05) is 13.2 Å². The Morgan fingerprint density at radius 1 is 0.977 bits per heavy atom. The number of ether oxygens (including phenoxy) is 1. The molecule has 0 radical (unpaired) electrons. The molecule has 220 valence electrons. The summed E-state index contributed by atoms with van der Waals surface area (Å²) < 4.78 is 33.6. The molecule has 0 aromatic heterocycles. The number of amides is 2. The van der Waals surface area contributed by atoms with Gasteiger partial charge < -0.3 is 10.1 Å². The molecule has 0 bridgehead atoms. The lowest BCUT2D eigenvalue weighted by atomic mass is 9.85. The molecule has 0 fully saturated rings. The fourth-order valence-corrected chi connectivity index (χ4v) is 7.20. The molecule has 0 spiro atoms. The summed E-state index contributed by atoms with van der Waals surface area (Å²) in [7, 11) is -4.24. The van der Waals surface area contributed by atoms with Crippen LogP contribution >= 0.6 is 0 Å². The number of hydrogen-bond donors (Lipinski definition) is 1. The molecule has 2 aliphatic heterocycles. The van der Waals surface area contributed by atoms with Crippen molar-refractivity contribution in [3.8, 4) is 0 Å². The zero-order valence-corrected chi connectivity index (χ0v) is 24.1. The molecule has 2 heterocycles. The van der Waals surface area contributed by atoms with Gasteiger partial charge in [-0.2, -0.15) is 0 Å². The number of carbonyl (C=O) groups is 3. The standard InChI is InChI=1S/C31H27N3O8S/c1-3-42-31(37)27-25(16-17-33-29(35)23-14-7-8-15-24(23)30(33)36)32-19(2)28(43(40,41)22-12-5-4-6-13-22)26(27)20-10-9-11-21(18-20)34(38)39/h4-15,18,26,32H,3,16-17H2,1-2H3. The van der Waals surface area contributed by atoms with Gasteiger partial charge in [0.2, 0.25) is 9.84 Å². The van der Waals surface area contributed by atoms with E-state index in [0.29, 0.717) is 0 Å². The number of sulfone groups is 1. The number of carbonyl (C=O) groups excluding carboxylic acids is 3. The molecule has 43 heavy (non-hydrogen) atoms. The van der Waals surface area contributed by atoms with E-state index in [1.807, 2.05) is 0 Å². The third-order valence-corrected chi connectivity index (χ3v) is 9.31. The molecule has 1 unspecified atom stereocenters. The van der Waals surface area contributed by atoms with Gasteiger partial charge in [-0.3, -0.25) is 24.6 Å². The Morgan fingerprint density at radius 2 is 1.60 bits per heavy atom. The monoisotopic (exact) mass is 601 g/mol. The number of hydrogen-bond acceptors (Lipinski definition) is 9. The number of esters is 1. The molecule has 11 nitrogen and oxygen atoms in total. The van der Waals surface area contributed by atoms with Crippen LogP contribution in [0.4, 0.5) is 5.69 Å². The first kappa shape index (κ1) is 29.4. The third kappa shape index (κ3) is 5.32. The fourth-order valence-electron chi connectivity index (χ4n) is 5.41. The predicted octanol–water partition coefficient (Wildman–Crippen LogP) is 4.49. The van der Waals surface area contributed by atoms with E-state index >= 15 is 0 Å². The average molecular weight is 602 g/mol. The summed E-state index contributed by atoms with van der Waals surface area (Å²) in [6, 6.07) is 19.5. The highest BCUT2D eigenvalue weighted by molar-refractivity contribution is 7.95. The van der Waals surface area contributed by atoms with Crippen LogP contribution in [0.25, 0.3) is 0 Å². The molecule has 1 atom stereocenters. The largest absolute Gasteiger partial charge is 0.463 e. The third-order valence-electron chi connectivity index (χ3n) is 7.30. The van der Waals surface area contributed by atoms with Crippen LogP contribution in [0.15, 0.2) is 106 Å². The molecule has 2 aliphatic rings. The number of rotatable bonds is 9. The number of benzene rings is 3. The minimum atomic E-state index is -4.24. The summed E-state index contributed by atoms with van der Waals surface area (Å²) in [6.07, 6.45) is -0.0406. The second-order valence-electron chi connectivity index (χ2n) is 9.89. The number of nitrogens with one attached hydrogen (secondary N) is 1. The molecule has 1 N–H and O–H groups in total. The van der Waals surface area contributed by atoms with E-state index in [-0.39, 0.29) is 68.7 Å². The van der Waals surface area contributed by atoms with E-state index in [1.165, 1.54) is 43.3 Å². The van der Waals surface area contributed by atoms with Gasteiger partial charge in [0.1, 0.15) is 0 Å². The second-order valence-corrected chi connectivity index (χ2v) is 11.8. The van der Waals surface area contributed by atoms with Crippen LogP contribution in [-0.2, 0) is 19.4 Å². The van der Waals surface area contributed by atoms with Crippen LogP contribution in [0.1, 0.15) is 52.5 Å². The Labute approximate surface area is 247 Å². The number of dihydropyridines is 1. The molecule has 0 saturated carbocycles. The smallest absolute Gasteiger partial charge is 0.336 e. The number of fused-ring (bicyclic) bond motifs is 1. The fraction of sp³-hybridized carbons (Fsp3) is 0.194. The maximum absolute atomic E-state index is 14.1. The van der Waals surface area contributed by atoms with Gasteiger partial charge in [-0.1, -0.05) is 42.5 Å². The first-order valence-corrected chi connectivity index (χ1v) is 14.9. The summed E-state index contributed by atoms with van der Waals surface area (Å²) in [6.45, 7) is 2.98. The van der Waals surface area contributed by atoms with Crippen molar-refractivity contribution in [2.45, 2.75) is 31.1 Å². The lowest BCUT2D eigenvalue weighted by molar-refractivity contribution is -0.384. The molecule has 2 amide bonds. The van der Waals surface area contributed by atoms with Gasteiger partial charge in [0.05, 0.1) is 43.9 Å². The highest BCUT2D eigenvalue weighted by Gasteiger charge is 2.42. The normalized spacial score (nSPS) is 16.7. The van der Waals surface area contributed by atoms with Gasteiger partial charge in [-0.15, -0.1) is 0 Å². The van der Waals surface area contributed by atoms with Crippen LogP contribution in [0.3, 0.4) is 0 Å². The highest BCUT2D eigenvalue weighted by Crippen LogP contribution is 2.44. The Morgan fingerprint density at radius 3 is 2.21 bits per heavy atom. The molecule has 0 saturated heterocycles. The average Bonchev–Trinajstić information content (AvgIpc) is 3.24. The predicted molar refractivity (Wildman–Crippen MR) is 155 cm³/mol. The number of nitro benzene ring substituents is 1. The van der Waals surface area contributed by atoms with E-state index in [0.717, 1.165) is 4.90 Å². The molecule has 3 aromatic carbocycles. The Balaban J connectivity index is 1.65. The number of non-ortho nitro benzene ring substituents is 1. The topological polar surface area (TPSA) is 153 Å². The van der Waals surface area contributed by atoms with E-state index < -0.39 is 38.5 Å². The first-order valence-electron chi connectivity index (χ1n) is 13.4. The quantitative estimate of drug-likeness (QED) is 0.162. The van der Waals surface area contributed by atoms with Crippen molar-refractivity contribution in [1.29, 1.82) is 0 Å². The lowest BCUT2D eigenvalue weighted by Gasteiger charge is -2.32. The van der Waals surface area contributed by atoms with Crippen LogP contribution in [0, 0.1) is 10.1 Å². The molecule has 12 heteroatoms. The van der Waals surface area contributed by atoms with Crippen LogP contribution in [0.2, 0.25) is 0 Å². The van der Waals surface area contributed by atoms with Crippen LogP contribution < -0.4 is 5.32 Å². The minimum Gasteiger partial charge on any atom is -0.463 e. The lowest BCUT2D eigenvalue weighted by Crippen LogP contribution is -2.36. The van der Waals surface area contributed by atoms with E-state index in [1.54, 1.807) is 49.4 Å². The van der Waals surface area contributed by atoms with E-state index in [2.05, 4.69) is 5.32 Å². The zero-order valence-electron chi connectivity index (χ0n) is 23.3. The number of nitro groups is 1. The van der Waals surface area contributed by atoms with Gasteiger partial charge in [-0.25, -0.2) is 13.2 Å². The van der Waals surface area contributed by atoms with Crippen molar-refractivity contribution in [1.82, 2.24) is 10.2 Å². The summed E-state index contributed by atoms with van der Waals surface area (Å²) in [4.78, 5) is 51.6. The van der Waals surface area contributed by atoms with E-state index in [4.69, 9.17) is 4.74 Å². The summed E-state index contributed by atoms with van der Waals surface area (Å²) in [5.74, 6) is -3.09. The van der Waals surface area contributed by atoms with Gasteiger partial charge >= 0.3 is 5.97 Å². The Kier molecular flexibility index (Phi) is 7.96. The van der Waals surface area contributed by atoms with Crippen LogP contribution in [-0.4, -0.2) is 49.2 Å². The molecular formula is C31H27N3O8S. The number of imide groups is 1. The summed E-state index contributed by atoms with van der Waals surface area (Å²) >= 11 is 0. The SMILES string of the molecule is CCOC(=O)C1=C(CCN2C(=O)c3ccccc3C2=O)NC(C)=C(S(=O)(=O)c2ccccc2)C1c1cccc([N+](=O)[O-])c1. The maximum atomic E-state index is 14.1. The van der Waals surface area contributed by atoms with Gasteiger partial charge in [0, 0.05) is 36.5 Å². The Bertz CT molecular complexity index is 1800. The maximum Gasteiger partial charge on any atom is 0.336 e. The van der Waals surface area contributed by atoms with Gasteiger partial charge in [0.15, 0.2) is 0 Å². The summed E-state index contributed by atoms with van der Waals surface area (Å²) in [5, 5.41) is 14.7. The number of allylic oxidation sites excluding steroid dienone is 2. The first-order chi connectivity index (χ1) is 20.6. The van der Waals surface area contributed by atoms with Crippen molar-refractivity contribution >= 4 is 33.3 Å². The van der Waals surface area contributed by atoms with Crippen molar-refractivity contribution in [2.24, 2.45) is 0 Å². The molecule has 5 rings (SSSR count). The van der Waals surface area contributed by atoms with Crippen molar-refractivity contribution in [3.05, 3.63) is 128 Å². The van der Waals surface area contributed by atoms with Gasteiger partial charge in [0.25, 0.3) is 17.5 Å². The molecule has 3 aromatic rings.